The molecule has 0 unspecified atom stereocenters. The number of urea groups is 1. The number of amides is 2. The van der Waals surface area contributed by atoms with Crippen LogP contribution >= 0.6 is 0 Å². The Balaban J connectivity index is 1.45. The van der Waals surface area contributed by atoms with E-state index in [1.54, 1.807) is 12.4 Å². The predicted octanol–water partition coefficient (Wildman–Crippen LogP) is 1.84. The van der Waals surface area contributed by atoms with Gasteiger partial charge in [-0.2, -0.15) is 5.10 Å². The summed E-state index contributed by atoms with van der Waals surface area (Å²) >= 11 is 0. The van der Waals surface area contributed by atoms with Gasteiger partial charge < -0.3 is 15.0 Å². The standard InChI is InChI=1S/C18H25N5O2/c1-13-17(14(2)22(3)21-13)6-9-20-18(24)23-10-7-16(12-23)25-15-5-4-8-19-11-15/h4-5,8,11,16H,6-7,9-10,12H2,1-3H3,(H,20,24)/t16-/m1/s1. The van der Waals surface area contributed by atoms with E-state index in [2.05, 4.69) is 22.3 Å². The van der Waals surface area contributed by atoms with Crippen LogP contribution in [0.2, 0.25) is 0 Å². The van der Waals surface area contributed by atoms with Crippen LogP contribution in [0.1, 0.15) is 23.4 Å². The number of hydrogen-bond donors (Lipinski definition) is 1. The number of aryl methyl sites for hydroxylation is 2. The molecular formula is C18H25N5O2. The second kappa shape index (κ2) is 7.55. The molecule has 1 N–H and O–H groups in total. The highest BCUT2D eigenvalue weighted by Crippen LogP contribution is 2.17. The molecular weight excluding hydrogens is 318 g/mol. The van der Waals surface area contributed by atoms with Crippen molar-refractivity contribution in [3.05, 3.63) is 41.5 Å². The van der Waals surface area contributed by atoms with Gasteiger partial charge in [0.1, 0.15) is 11.9 Å². The quantitative estimate of drug-likeness (QED) is 0.899. The van der Waals surface area contributed by atoms with Crippen LogP contribution in [0.4, 0.5) is 4.79 Å². The molecule has 0 radical (unpaired) electrons. The molecule has 1 atom stereocenters. The third-order valence-electron chi connectivity index (χ3n) is 4.68. The zero-order valence-corrected chi connectivity index (χ0v) is 15.0. The number of ether oxygens (including phenoxy) is 1. The Labute approximate surface area is 148 Å². The molecule has 2 aromatic heterocycles. The Bertz CT molecular complexity index is 729. The highest BCUT2D eigenvalue weighted by molar-refractivity contribution is 5.74. The van der Waals surface area contributed by atoms with E-state index in [4.69, 9.17) is 4.74 Å². The number of nitrogens with one attached hydrogen (secondary N) is 1. The summed E-state index contributed by atoms with van der Waals surface area (Å²) in [5.74, 6) is 0.747. The van der Waals surface area contributed by atoms with Crippen LogP contribution in [0.3, 0.4) is 0 Å². The molecule has 3 heterocycles. The van der Waals surface area contributed by atoms with E-state index in [1.807, 2.05) is 35.7 Å². The molecule has 0 bridgehead atoms. The summed E-state index contributed by atoms with van der Waals surface area (Å²) in [7, 11) is 1.94. The summed E-state index contributed by atoms with van der Waals surface area (Å²) in [5.41, 5.74) is 3.39. The zero-order chi connectivity index (χ0) is 17.8. The van der Waals surface area contributed by atoms with E-state index in [0.29, 0.717) is 19.6 Å². The Hall–Kier alpha value is -2.57. The summed E-state index contributed by atoms with van der Waals surface area (Å²) in [6.45, 7) is 5.98. The average Bonchev–Trinajstić information content (AvgIpc) is 3.15. The normalized spacial score (nSPS) is 16.9. The van der Waals surface area contributed by atoms with Crippen LogP contribution in [0.15, 0.2) is 24.5 Å². The predicted molar refractivity (Wildman–Crippen MR) is 94.6 cm³/mol. The van der Waals surface area contributed by atoms with Gasteiger partial charge in [0.25, 0.3) is 0 Å². The van der Waals surface area contributed by atoms with Crippen molar-refractivity contribution < 1.29 is 9.53 Å². The smallest absolute Gasteiger partial charge is 0.317 e. The molecule has 7 nitrogen and oxygen atoms in total. The van der Waals surface area contributed by atoms with Crippen LogP contribution < -0.4 is 10.1 Å². The number of aromatic nitrogens is 3. The van der Waals surface area contributed by atoms with Gasteiger partial charge in [-0.3, -0.25) is 9.67 Å². The number of rotatable bonds is 5. The van der Waals surface area contributed by atoms with Crippen molar-refractivity contribution in [3.63, 3.8) is 0 Å². The molecule has 1 saturated heterocycles. The largest absolute Gasteiger partial charge is 0.487 e. The molecule has 3 rings (SSSR count). The Morgan fingerprint density at radius 1 is 1.44 bits per heavy atom. The number of hydrogen-bond acceptors (Lipinski definition) is 4. The molecule has 2 aromatic rings. The SMILES string of the molecule is Cc1nn(C)c(C)c1CCNC(=O)N1CC[C@@H](Oc2cccnc2)C1. The Morgan fingerprint density at radius 3 is 2.96 bits per heavy atom. The molecule has 7 heteroatoms. The monoisotopic (exact) mass is 343 g/mol. The molecule has 1 aliphatic heterocycles. The summed E-state index contributed by atoms with van der Waals surface area (Å²) in [4.78, 5) is 18.2. The Morgan fingerprint density at radius 2 is 2.28 bits per heavy atom. The first-order chi connectivity index (χ1) is 12.0. The maximum atomic E-state index is 12.3. The third-order valence-corrected chi connectivity index (χ3v) is 4.68. The Kier molecular flexibility index (Phi) is 5.21. The lowest BCUT2D eigenvalue weighted by Crippen LogP contribution is -2.40. The molecule has 0 saturated carbocycles. The lowest BCUT2D eigenvalue weighted by Gasteiger charge is -2.18. The topological polar surface area (TPSA) is 72.3 Å². The van der Waals surface area contributed by atoms with Crippen molar-refractivity contribution in [1.82, 2.24) is 25.0 Å². The summed E-state index contributed by atoms with van der Waals surface area (Å²) < 4.78 is 7.75. The van der Waals surface area contributed by atoms with Crippen LogP contribution in [0.25, 0.3) is 0 Å². The summed E-state index contributed by atoms with van der Waals surface area (Å²) in [5, 5.41) is 7.41. The van der Waals surface area contributed by atoms with Gasteiger partial charge in [-0.25, -0.2) is 4.79 Å². The highest BCUT2D eigenvalue weighted by Gasteiger charge is 2.27. The number of carbonyl (C=O) groups excluding carboxylic acids is 1. The lowest BCUT2D eigenvalue weighted by molar-refractivity contribution is 0.187. The minimum absolute atomic E-state index is 0.0257. The fourth-order valence-corrected chi connectivity index (χ4v) is 3.20. The molecule has 0 aromatic carbocycles. The second-order valence-corrected chi connectivity index (χ2v) is 6.42. The van der Waals surface area contributed by atoms with E-state index in [0.717, 1.165) is 30.0 Å². The number of likely N-dealkylation sites (tertiary alicyclic amines) is 1. The lowest BCUT2D eigenvalue weighted by atomic mass is 10.1. The van der Waals surface area contributed by atoms with Crippen molar-refractivity contribution in [2.24, 2.45) is 7.05 Å². The van der Waals surface area contributed by atoms with E-state index < -0.39 is 0 Å². The summed E-state index contributed by atoms with van der Waals surface area (Å²) in [6.07, 6.45) is 5.07. The van der Waals surface area contributed by atoms with Gasteiger partial charge in [0.05, 0.1) is 18.4 Å². The van der Waals surface area contributed by atoms with Gasteiger partial charge in [-0.15, -0.1) is 0 Å². The first kappa shape index (κ1) is 17.3. The molecule has 1 aliphatic rings. The first-order valence-electron chi connectivity index (χ1n) is 8.63. The van der Waals surface area contributed by atoms with Gasteiger partial charge in [0.15, 0.2) is 0 Å². The van der Waals surface area contributed by atoms with Crippen LogP contribution in [-0.2, 0) is 13.5 Å². The molecule has 0 spiro atoms. The molecule has 1 fully saturated rings. The molecule has 25 heavy (non-hydrogen) atoms. The van der Waals surface area contributed by atoms with Gasteiger partial charge in [0, 0.05) is 38.4 Å². The van der Waals surface area contributed by atoms with Crippen molar-refractivity contribution in [3.8, 4) is 5.75 Å². The molecule has 134 valence electrons. The van der Waals surface area contributed by atoms with Crippen LogP contribution in [-0.4, -0.2) is 51.4 Å². The maximum absolute atomic E-state index is 12.3. The molecule has 2 amide bonds. The minimum Gasteiger partial charge on any atom is -0.487 e. The van der Waals surface area contributed by atoms with Gasteiger partial charge in [-0.1, -0.05) is 0 Å². The summed E-state index contributed by atoms with van der Waals surface area (Å²) in [6, 6.07) is 3.70. The molecule has 0 aliphatic carbocycles. The van der Waals surface area contributed by atoms with Crippen molar-refractivity contribution in [2.75, 3.05) is 19.6 Å². The fraction of sp³-hybridized carbons (Fsp3) is 0.500. The van der Waals surface area contributed by atoms with E-state index >= 15 is 0 Å². The maximum Gasteiger partial charge on any atom is 0.317 e. The van der Waals surface area contributed by atoms with Crippen molar-refractivity contribution >= 4 is 6.03 Å². The van der Waals surface area contributed by atoms with E-state index in [-0.39, 0.29) is 12.1 Å². The van der Waals surface area contributed by atoms with Crippen LogP contribution in [0, 0.1) is 13.8 Å². The third kappa shape index (κ3) is 4.10. The highest BCUT2D eigenvalue weighted by atomic mass is 16.5. The van der Waals surface area contributed by atoms with Crippen LogP contribution in [0.5, 0.6) is 5.75 Å². The number of pyridine rings is 1. The second-order valence-electron chi connectivity index (χ2n) is 6.42. The first-order valence-corrected chi connectivity index (χ1v) is 8.63. The van der Waals surface area contributed by atoms with E-state index in [9.17, 15) is 4.79 Å². The average molecular weight is 343 g/mol. The number of carbonyl (C=O) groups is 1. The van der Waals surface area contributed by atoms with E-state index in [1.165, 1.54) is 5.56 Å². The minimum atomic E-state index is -0.0310. The van der Waals surface area contributed by atoms with Crippen molar-refractivity contribution in [1.29, 1.82) is 0 Å². The van der Waals surface area contributed by atoms with Gasteiger partial charge in [0.2, 0.25) is 0 Å². The van der Waals surface area contributed by atoms with Crippen molar-refractivity contribution in [2.45, 2.75) is 32.8 Å². The van der Waals surface area contributed by atoms with Gasteiger partial charge in [-0.05, 0) is 38.0 Å². The fourth-order valence-electron chi connectivity index (χ4n) is 3.20. The number of nitrogens with zero attached hydrogens (tertiary/aromatic N) is 4. The van der Waals surface area contributed by atoms with Gasteiger partial charge >= 0.3 is 6.03 Å². The zero-order valence-electron chi connectivity index (χ0n) is 15.0.